The lowest BCUT2D eigenvalue weighted by atomic mass is 10.1. The smallest absolute Gasteiger partial charge is 0.356 e. The van der Waals surface area contributed by atoms with Crippen molar-refractivity contribution in [2.75, 3.05) is 5.73 Å². The van der Waals surface area contributed by atoms with Gasteiger partial charge >= 0.3 is 5.97 Å². The molecule has 0 atom stereocenters. The van der Waals surface area contributed by atoms with Crippen molar-refractivity contribution in [3.63, 3.8) is 0 Å². The van der Waals surface area contributed by atoms with Crippen LogP contribution in [0.1, 0.15) is 16.1 Å². The molecule has 0 saturated heterocycles. The van der Waals surface area contributed by atoms with Gasteiger partial charge in [-0.2, -0.15) is 0 Å². The Morgan fingerprint density at radius 1 is 1.38 bits per heavy atom. The lowest BCUT2D eigenvalue weighted by molar-refractivity contribution is 0.0692. The van der Waals surface area contributed by atoms with E-state index >= 15 is 0 Å². The van der Waals surface area contributed by atoms with Crippen molar-refractivity contribution < 1.29 is 9.90 Å². The first kappa shape index (κ1) is 10.6. The van der Waals surface area contributed by atoms with Crippen molar-refractivity contribution in [2.45, 2.75) is 6.92 Å². The van der Waals surface area contributed by atoms with Crippen LogP contribution in [0, 0.1) is 6.92 Å². The van der Waals surface area contributed by atoms with E-state index in [0.717, 1.165) is 11.1 Å². The summed E-state index contributed by atoms with van der Waals surface area (Å²) in [5, 5.41) is 9.25. The maximum absolute atomic E-state index is 11.0. The molecule has 0 fully saturated rings. The summed E-state index contributed by atoms with van der Waals surface area (Å²) < 4.78 is 0. The topological polar surface area (TPSA) is 76.2 Å². The van der Waals surface area contributed by atoms with E-state index in [-0.39, 0.29) is 10.8 Å². The molecular formula is C11H10N2O2S. The highest BCUT2D eigenvalue weighted by Crippen LogP contribution is 2.31. The van der Waals surface area contributed by atoms with Crippen LogP contribution in [-0.4, -0.2) is 16.1 Å². The molecule has 0 aliphatic carbocycles. The molecule has 2 aromatic rings. The summed E-state index contributed by atoms with van der Waals surface area (Å²) in [6.45, 7) is 1.98. The zero-order valence-electron chi connectivity index (χ0n) is 8.60. The number of carboxylic acids is 1. The highest BCUT2D eigenvalue weighted by atomic mass is 32.1. The third kappa shape index (κ3) is 1.90. The van der Waals surface area contributed by atoms with Crippen LogP contribution in [0.15, 0.2) is 24.3 Å². The molecule has 0 spiro atoms. The molecule has 5 heteroatoms. The third-order valence-corrected chi connectivity index (χ3v) is 3.09. The molecule has 4 nitrogen and oxygen atoms in total. The van der Waals surface area contributed by atoms with Crippen molar-refractivity contribution >= 4 is 22.4 Å². The molecule has 2 rings (SSSR count). The maximum atomic E-state index is 11.0. The van der Waals surface area contributed by atoms with Crippen LogP contribution in [0.3, 0.4) is 0 Å². The molecule has 0 radical (unpaired) electrons. The summed E-state index contributed by atoms with van der Waals surface area (Å²) in [7, 11) is 0. The summed E-state index contributed by atoms with van der Waals surface area (Å²) >= 11 is 1.19. The van der Waals surface area contributed by atoms with Gasteiger partial charge in [-0.25, -0.2) is 9.78 Å². The molecule has 0 saturated carbocycles. The number of hydrogen-bond acceptors (Lipinski definition) is 4. The maximum Gasteiger partial charge on any atom is 0.356 e. The minimum Gasteiger partial charge on any atom is -0.476 e. The summed E-state index contributed by atoms with van der Waals surface area (Å²) in [5.74, 6) is -1.05. The molecule has 0 aliphatic rings. The summed E-state index contributed by atoms with van der Waals surface area (Å²) in [6.07, 6.45) is 0. The minimum atomic E-state index is -1.05. The first-order valence-corrected chi connectivity index (χ1v) is 5.46. The SMILES string of the molecule is Cc1ccc(-c2sc(N)nc2C(=O)O)cc1. The Hall–Kier alpha value is -1.88. The van der Waals surface area contributed by atoms with E-state index in [1.807, 2.05) is 31.2 Å². The normalized spacial score (nSPS) is 10.3. The molecule has 1 aromatic carbocycles. The van der Waals surface area contributed by atoms with Gasteiger partial charge in [-0.05, 0) is 12.5 Å². The molecule has 82 valence electrons. The number of carboxylic acid groups (broad SMARTS) is 1. The Morgan fingerprint density at radius 2 is 2.00 bits per heavy atom. The fraction of sp³-hybridized carbons (Fsp3) is 0.0909. The molecule has 0 unspecified atom stereocenters. The van der Waals surface area contributed by atoms with E-state index in [1.165, 1.54) is 11.3 Å². The average molecular weight is 234 g/mol. The molecule has 3 N–H and O–H groups in total. The number of benzene rings is 1. The third-order valence-electron chi connectivity index (χ3n) is 2.16. The molecule has 0 bridgehead atoms. The number of aromatic nitrogens is 1. The monoisotopic (exact) mass is 234 g/mol. The van der Waals surface area contributed by atoms with Gasteiger partial charge in [-0.15, -0.1) is 0 Å². The van der Waals surface area contributed by atoms with Gasteiger partial charge in [-0.1, -0.05) is 41.2 Å². The number of rotatable bonds is 2. The predicted octanol–water partition coefficient (Wildman–Crippen LogP) is 2.40. The molecule has 1 aromatic heterocycles. The molecule has 0 amide bonds. The van der Waals surface area contributed by atoms with Crippen LogP contribution >= 0.6 is 11.3 Å². The molecular weight excluding hydrogens is 224 g/mol. The zero-order valence-corrected chi connectivity index (χ0v) is 9.41. The predicted molar refractivity (Wildman–Crippen MR) is 63.7 cm³/mol. The van der Waals surface area contributed by atoms with Crippen molar-refractivity contribution in [3.05, 3.63) is 35.5 Å². The van der Waals surface area contributed by atoms with Gasteiger partial charge in [0.25, 0.3) is 0 Å². The van der Waals surface area contributed by atoms with Crippen LogP contribution in [0.5, 0.6) is 0 Å². The molecule has 0 aliphatic heterocycles. The fourth-order valence-corrected chi connectivity index (χ4v) is 2.21. The molecule has 1 heterocycles. The Balaban J connectivity index is 2.55. The van der Waals surface area contributed by atoms with Crippen LogP contribution in [0.2, 0.25) is 0 Å². The first-order chi connectivity index (χ1) is 7.58. The average Bonchev–Trinajstić information content (AvgIpc) is 2.61. The Kier molecular flexibility index (Phi) is 2.62. The van der Waals surface area contributed by atoms with E-state index in [9.17, 15) is 4.79 Å². The molecule has 16 heavy (non-hydrogen) atoms. The Bertz CT molecular complexity index is 531. The van der Waals surface area contributed by atoms with Crippen LogP contribution < -0.4 is 5.73 Å². The zero-order chi connectivity index (χ0) is 11.7. The van der Waals surface area contributed by atoms with Crippen molar-refractivity contribution in [1.82, 2.24) is 4.98 Å². The number of hydrogen-bond donors (Lipinski definition) is 2. The fourth-order valence-electron chi connectivity index (χ4n) is 1.38. The summed E-state index contributed by atoms with van der Waals surface area (Å²) in [4.78, 5) is 15.4. The number of nitrogens with two attached hydrogens (primary N) is 1. The van der Waals surface area contributed by atoms with Crippen LogP contribution in [0.25, 0.3) is 10.4 Å². The number of thiazole rings is 1. The van der Waals surface area contributed by atoms with E-state index in [0.29, 0.717) is 4.88 Å². The van der Waals surface area contributed by atoms with E-state index in [4.69, 9.17) is 10.8 Å². The van der Waals surface area contributed by atoms with Crippen molar-refractivity contribution in [3.8, 4) is 10.4 Å². The van der Waals surface area contributed by atoms with Gasteiger partial charge in [-0.3, -0.25) is 0 Å². The van der Waals surface area contributed by atoms with Crippen molar-refractivity contribution in [1.29, 1.82) is 0 Å². The quantitative estimate of drug-likeness (QED) is 0.836. The van der Waals surface area contributed by atoms with Gasteiger partial charge in [0.05, 0.1) is 4.88 Å². The van der Waals surface area contributed by atoms with Gasteiger partial charge in [0, 0.05) is 0 Å². The number of nitrogen functional groups attached to an aromatic ring is 1. The second-order valence-electron chi connectivity index (χ2n) is 3.40. The highest BCUT2D eigenvalue weighted by molar-refractivity contribution is 7.19. The number of aromatic carboxylic acids is 1. The largest absolute Gasteiger partial charge is 0.476 e. The first-order valence-electron chi connectivity index (χ1n) is 4.64. The van der Waals surface area contributed by atoms with Crippen LogP contribution in [0.4, 0.5) is 5.13 Å². The number of aryl methyl sites for hydroxylation is 1. The Labute approximate surface area is 96.4 Å². The highest BCUT2D eigenvalue weighted by Gasteiger charge is 2.17. The van der Waals surface area contributed by atoms with E-state index in [1.54, 1.807) is 0 Å². The lowest BCUT2D eigenvalue weighted by Crippen LogP contribution is -1.99. The van der Waals surface area contributed by atoms with Gasteiger partial charge < -0.3 is 10.8 Å². The summed E-state index contributed by atoms with van der Waals surface area (Å²) in [6, 6.07) is 7.59. The second kappa shape index (κ2) is 3.94. The van der Waals surface area contributed by atoms with E-state index in [2.05, 4.69) is 4.98 Å². The van der Waals surface area contributed by atoms with Gasteiger partial charge in [0.15, 0.2) is 10.8 Å². The number of carbonyl (C=O) groups is 1. The Morgan fingerprint density at radius 3 is 2.56 bits per heavy atom. The summed E-state index contributed by atoms with van der Waals surface area (Å²) in [5.41, 5.74) is 7.50. The second-order valence-corrected chi connectivity index (χ2v) is 4.43. The van der Waals surface area contributed by atoms with Gasteiger partial charge in [0.2, 0.25) is 0 Å². The number of anilines is 1. The standard InChI is InChI=1S/C11H10N2O2S/c1-6-2-4-7(5-3-6)9-8(10(14)15)13-11(12)16-9/h2-5H,1H3,(H2,12,13)(H,14,15). The van der Waals surface area contributed by atoms with Gasteiger partial charge in [0.1, 0.15) is 0 Å². The lowest BCUT2D eigenvalue weighted by Gasteiger charge is -1.99. The van der Waals surface area contributed by atoms with E-state index < -0.39 is 5.97 Å². The minimum absolute atomic E-state index is 0.0198. The number of nitrogens with zero attached hydrogens (tertiary/aromatic N) is 1. The van der Waals surface area contributed by atoms with Crippen LogP contribution in [-0.2, 0) is 0 Å². The van der Waals surface area contributed by atoms with Crippen molar-refractivity contribution in [2.24, 2.45) is 0 Å².